The van der Waals surface area contributed by atoms with Gasteiger partial charge < -0.3 is 77.2 Å². The number of aliphatic imine (C=N–C) groups is 1. The Balaban J connectivity index is 1.32. The molecule has 104 heavy (non-hydrogen) atoms. The minimum absolute atomic E-state index is 0.0927. The Labute approximate surface area is 620 Å². The maximum absolute atomic E-state index is 14.6. The number of aliphatic hydroxyl groups excluding tert-OH is 2. The zero-order valence-corrected chi connectivity index (χ0v) is 64.5. The summed E-state index contributed by atoms with van der Waals surface area (Å²) in [5.74, 6) is -6.92. The highest BCUT2D eigenvalue weighted by Crippen LogP contribution is 2.43. The molecule has 3 fully saturated rings. The van der Waals surface area contributed by atoms with Gasteiger partial charge in [-0.2, -0.15) is 35.3 Å². The van der Waals surface area contributed by atoms with Gasteiger partial charge >= 0.3 is 18.0 Å². The molecule has 0 spiro atoms. The number of amides is 9. The van der Waals surface area contributed by atoms with Crippen LogP contribution in [0.2, 0.25) is 0 Å². The van der Waals surface area contributed by atoms with Crippen LogP contribution in [0.5, 0.6) is 0 Å². The number of carbonyl (C=O) groups is 10. The molecule has 10 atom stereocenters. The molecule has 3 heterocycles. The largest absolute Gasteiger partial charge is 0.481 e. The number of unbranched alkanes of at least 4 members (excludes halogenated alkanes) is 1. The lowest BCUT2D eigenvalue weighted by atomic mass is 10.0. The van der Waals surface area contributed by atoms with Gasteiger partial charge in [0.25, 0.3) is 0 Å². The molecule has 32 nitrogen and oxygen atoms in total. The van der Waals surface area contributed by atoms with Gasteiger partial charge in [0.15, 0.2) is 0 Å². The molecule has 9 amide bonds. The van der Waals surface area contributed by atoms with Gasteiger partial charge in [0.05, 0.1) is 24.8 Å². The van der Waals surface area contributed by atoms with E-state index >= 15 is 0 Å². The Bertz CT molecular complexity index is 3350. The number of hydrogen-bond acceptors (Lipinski definition) is 21. The number of thioether (sulfide) groups is 3. The molecule has 3 saturated heterocycles. The molecule has 0 aromatic heterocycles. The number of carbonyl (C=O) groups excluding carboxylic acids is 8. The first kappa shape index (κ1) is 88.9. The number of primary amides is 1. The van der Waals surface area contributed by atoms with Crippen LogP contribution in [-0.2, 0) is 80.5 Å². The fourth-order valence-corrected chi connectivity index (χ4v) is 18.2. The van der Waals surface area contributed by atoms with Crippen molar-refractivity contribution in [2.24, 2.45) is 22.6 Å². The second kappa shape index (κ2) is 45.1. The van der Waals surface area contributed by atoms with Crippen LogP contribution < -0.4 is 32.3 Å². The van der Waals surface area contributed by atoms with Gasteiger partial charge in [-0.25, -0.2) is 14.6 Å². The number of hydrogen-bond donors (Lipinski definition) is 13. The van der Waals surface area contributed by atoms with Crippen LogP contribution in [0, 0.1) is 11.8 Å². The Morgan fingerprint density at radius 3 is 1.68 bits per heavy atom. The van der Waals surface area contributed by atoms with Crippen LogP contribution >= 0.6 is 57.4 Å². The van der Waals surface area contributed by atoms with E-state index in [1.54, 1.807) is 58.9 Å². The SMILES string of the molecule is CCCCNC(=O)/N=C/C(CSCc1cc(CSCCNC(=O)CCP(=O)(O)CN2CCN(CP(=O)(O)CO)CCN(CP(=O)(O)CO)CC2)cc(CSCC(NC(=O)[C@H](Cc2ccccc2)NC(=O)[C@H](CCC(=O)O)NC(=O)[C@@H](C)CC)C(=O)O)c1)C(=O)N1CCC[C@H]1C(=O)N1CCC[C@H]1C(N)=O. The van der Waals surface area contributed by atoms with E-state index in [-0.39, 0.29) is 120 Å². The summed E-state index contributed by atoms with van der Waals surface area (Å²) in [5, 5.41) is 52.3. The smallest absolute Gasteiger partial charge is 0.340 e. The van der Waals surface area contributed by atoms with Crippen molar-refractivity contribution in [2.75, 3.05) is 120 Å². The molecule has 2 aromatic rings. The van der Waals surface area contributed by atoms with Crippen molar-refractivity contribution in [3.05, 3.63) is 70.8 Å². The van der Waals surface area contributed by atoms with Crippen molar-refractivity contribution in [3.63, 3.8) is 0 Å². The van der Waals surface area contributed by atoms with Gasteiger partial charge in [0.2, 0.25) is 63.5 Å². The number of aliphatic hydroxyl groups is 2. The quantitative estimate of drug-likeness (QED) is 0.0258. The Kier molecular flexibility index (Phi) is 38.6. The Morgan fingerprint density at radius 2 is 1.14 bits per heavy atom. The van der Waals surface area contributed by atoms with Crippen molar-refractivity contribution in [2.45, 2.75) is 139 Å². The number of urea groups is 1. The zero-order chi connectivity index (χ0) is 76.6. The molecule has 0 saturated carbocycles. The van der Waals surface area contributed by atoms with Crippen molar-refractivity contribution in [3.8, 4) is 0 Å². The summed E-state index contributed by atoms with van der Waals surface area (Å²) in [7, 11) is -12.0. The van der Waals surface area contributed by atoms with E-state index in [2.05, 4.69) is 31.6 Å². The number of nitrogens with one attached hydrogen (secondary N) is 5. The van der Waals surface area contributed by atoms with E-state index in [4.69, 9.17) is 5.73 Å². The molecule has 5 rings (SSSR count). The number of aliphatic carboxylic acids is 2. The number of likely N-dealkylation sites (tertiary alicyclic amines) is 2. The summed E-state index contributed by atoms with van der Waals surface area (Å²) in [5.41, 5.74) is 8.62. The monoisotopic (exact) mass is 1570 g/mol. The lowest BCUT2D eigenvalue weighted by Crippen LogP contribution is -2.57. The summed E-state index contributed by atoms with van der Waals surface area (Å²) in [6.07, 6.45) is 0.518. The van der Waals surface area contributed by atoms with Gasteiger partial charge in [-0.15, -0.1) is 0 Å². The third-order valence-corrected chi connectivity index (χ3v) is 25.3. The maximum Gasteiger partial charge on any atom is 0.340 e. The molecule has 14 N–H and O–H groups in total. The van der Waals surface area contributed by atoms with E-state index in [9.17, 15) is 96.7 Å². The highest BCUT2D eigenvalue weighted by molar-refractivity contribution is 7.99. The highest BCUT2D eigenvalue weighted by atomic mass is 32.2. The van der Waals surface area contributed by atoms with Crippen LogP contribution in [0.25, 0.3) is 0 Å². The highest BCUT2D eigenvalue weighted by Gasteiger charge is 2.43. The van der Waals surface area contributed by atoms with E-state index in [0.29, 0.717) is 74.4 Å². The van der Waals surface area contributed by atoms with E-state index in [0.717, 1.165) is 23.1 Å². The first-order valence-electron chi connectivity index (χ1n) is 34.9. The predicted molar refractivity (Wildman–Crippen MR) is 399 cm³/mol. The third-order valence-electron chi connectivity index (χ3n) is 17.7. The molecule has 0 bridgehead atoms. The summed E-state index contributed by atoms with van der Waals surface area (Å²) in [6.45, 7) is 7.46. The van der Waals surface area contributed by atoms with Gasteiger partial charge in [0.1, 0.15) is 42.9 Å². The molecule has 38 heteroatoms. The Hall–Kier alpha value is -5.77. The van der Waals surface area contributed by atoms with Crippen LogP contribution in [0.15, 0.2) is 53.5 Å². The van der Waals surface area contributed by atoms with Crippen molar-refractivity contribution >= 4 is 123 Å². The average molecular weight is 1580 g/mol. The van der Waals surface area contributed by atoms with Crippen LogP contribution in [0.3, 0.4) is 0 Å². The molecular weight excluding hydrogens is 1470 g/mol. The standard InChI is InChI=1S/C66H105N12O20P3S3/c1-4-6-19-69-66(92)70-35-51(63(88)78-22-11-15-56(78)64(89)77-21-10-14-55(77)59(67)84)39-103-37-49-31-48(36-102-30-20-68-57(81)18-29-99(93,94)41-74-23-25-75(42-100(95,96)44-79)27-28-76(26-24-74)43-101(97,98)45-80)32-50(33-49)38-104-40-54(65(90)91)73-62(87)53(34-47-12-8-7-9-13-47)72-61(86)52(16-17-58(82)83)71-60(85)46(3)5-2/h7-9,12-13,31-33,35,46,51-56,79-80H,4-6,10-11,14-30,34,36-45H2,1-3H3,(H2,67,84)(H,68,81)(H,69,92)(H,71,85)(H,72,86)(H,73,87)(H,82,83)(H,90,91)(H,93,94)(H,95,96)(H,97,98)/b70-35+/t46-,51?,52-,53-,54?,55-,56-/m0/s1. The fraction of sp³-hybridized carbons (Fsp3) is 0.652. The number of rotatable bonds is 44. The molecule has 3 aliphatic heterocycles. The molecule has 2 aromatic carbocycles. The number of nitrogens with two attached hydrogens (primary N) is 1. The van der Waals surface area contributed by atoms with Crippen LogP contribution in [0.4, 0.5) is 4.79 Å². The topological polar surface area (TPSA) is 478 Å². The van der Waals surface area contributed by atoms with Gasteiger partial charge in [-0.1, -0.05) is 75.7 Å². The lowest BCUT2D eigenvalue weighted by molar-refractivity contribution is -0.146. The second-order valence-electron chi connectivity index (χ2n) is 26.4. The number of carboxylic acids is 2. The minimum atomic E-state index is -4.03. The van der Waals surface area contributed by atoms with E-state index in [1.807, 2.05) is 25.1 Å². The second-order valence-corrected chi connectivity index (χ2v) is 36.5. The Morgan fingerprint density at radius 1 is 0.625 bits per heavy atom. The van der Waals surface area contributed by atoms with Crippen molar-refractivity contribution < 1.29 is 96.7 Å². The van der Waals surface area contributed by atoms with E-state index in [1.165, 1.54) is 51.3 Å². The number of benzene rings is 2. The first-order chi connectivity index (χ1) is 49.3. The summed E-state index contributed by atoms with van der Waals surface area (Å²) in [4.78, 5) is 176. The first-order valence-corrected chi connectivity index (χ1v) is 44.5. The van der Waals surface area contributed by atoms with Crippen molar-refractivity contribution in [1.29, 1.82) is 0 Å². The van der Waals surface area contributed by atoms with Gasteiger partial charge in [-0.05, 0) is 67.2 Å². The summed E-state index contributed by atoms with van der Waals surface area (Å²) < 4.78 is 38.6. The molecule has 0 radical (unpaired) electrons. The number of carboxylic acid groups (broad SMARTS) is 2. The normalized spacial score (nSPS) is 19.5. The fourth-order valence-electron chi connectivity index (χ4n) is 11.8. The van der Waals surface area contributed by atoms with Crippen LogP contribution in [0.1, 0.15) is 107 Å². The minimum Gasteiger partial charge on any atom is -0.481 e. The molecule has 0 aliphatic carbocycles. The van der Waals surface area contributed by atoms with Crippen LogP contribution in [-0.4, -0.2) is 276 Å². The predicted octanol–water partition coefficient (Wildman–Crippen LogP) is 2.75. The van der Waals surface area contributed by atoms with E-state index < -0.39 is 137 Å². The molecular formula is C66H105N12O20P3S3. The molecule has 3 aliphatic rings. The summed E-state index contributed by atoms with van der Waals surface area (Å²) in [6, 6.07) is 7.90. The number of nitrogens with zero attached hydrogens (tertiary/aromatic N) is 6. The van der Waals surface area contributed by atoms with Crippen molar-refractivity contribution in [1.82, 2.24) is 51.1 Å². The van der Waals surface area contributed by atoms with Gasteiger partial charge in [-0.3, -0.25) is 66.8 Å². The maximum atomic E-state index is 14.6. The average Bonchev–Trinajstić information content (AvgIpc) is 1.64. The zero-order valence-electron chi connectivity index (χ0n) is 59.3. The molecule has 582 valence electrons. The summed E-state index contributed by atoms with van der Waals surface area (Å²) >= 11 is 4.01. The third kappa shape index (κ3) is 32.0. The van der Waals surface area contributed by atoms with Gasteiger partial charge in [0, 0.05) is 138 Å². The molecule has 5 unspecified atom stereocenters. The lowest BCUT2D eigenvalue weighted by Gasteiger charge is -2.31.